The quantitative estimate of drug-likeness (QED) is 0.892. The monoisotopic (exact) mass is 282 g/mol. The van der Waals surface area contributed by atoms with Crippen LogP contribution in [0.1, 0.15) is 36.8 Å². The predicted octanol–water partition coefficient (Wildman–Crippen LogP) is 2.57. The number of anilines is 1. The van der Waals surface area contributed by atoms with Crippen molar-refractivity contribution in [3.05, 3.63) is 23.3 Å². The van der Waals surface area contributed by atoms with Gasteiger partial charge < -0.3 is 5.32 Å². The lowest BCUT2D eigenvalue weighted by molar-refractivity contribution is 0.551. The Morgan fingerprint density at radius 1 is 1.11 bits per heavy atom. The lowest BCUT2D eigenvalue weighted by Crippen LogP contribution is -2.33. The average molecular weight is 282 g/mol. The summed E-state index contributed by atoms with van der Waals surface area (Å²) in [7, 11) is -1.58. The van der Waals surface area contributed by atoms with Crippen LogP contribution in [0, 0.1) is 13.8 Å². The van der Waals surface area contributed by atoms with Crippen molar-refractivity contribution in [2.75, 3.05) is 12.4 Å². The van der Waals surface area contributed by atoms with Crippen molar-refractivity contribution >= 4 is 15.7 Å². The first kappa shape index (κ1) is 14.3. The Kier molecular flexibility index (Phi) is 4.16. The SMILES string of the molecule is CNc1cc(C)c(S(=O)(=O)NC2CCCC2)c(C)c1. The molecule has 5 heteroatoms. The second kappa shape index (κ2) is 5.51. The maximum absolute atomic E-state index is 12.5. The van der Waals surface area contributed by atoms with Crippen LogP contribution in [0.5, 0.6) is 0 Å². The molecule has 106 valence electrons. The molecule has 4 nitrogen and oxygen atoms in total. The van der Waals surface area contributed by atoms with Crippen molar-refractivity contribution in [1.82, 2.24) is 4.72 Å². The van der Waals surface area contributed by atoms with Crippen molar-refractivity contribution in [2.45, 2.75) is 50.5 Å². The van der Waals surface area contributed by atoms with Gasteiger partial charge in [-0.1, -0.05) is 12.8 Å². The molecular weight excluding hydrogens is 260 g/mol. The molecule has 0 unspecified atom stereocenters. The van der Waals surface area contributed by atoms with Crippen LogP contribution in [0.4, 0.5) is 5.69 Å². The van der Waals surface area contributed by atoms with Gasteiger partial charge in [-0.3, -0.25) is 0 Å². The highest BCUT2D eigenvalue weighted by molar-refractivity contribution is 7.89. The van der Waals surface area contributed by atoms with E-state index in [0.717, 1.165) is 42.5 Å². The standard InChI is InChI=1S/C14H22N2O2S/c1-10-8-13(15-3)9-11(2)14(10)19(17,18)16-12-6-4-5-7-12/h8-9,12,15-16H,4-7H2,1-3H3. The fourth-order valence-corrected chi connectivity index (χ4v) is 4.60. The molecule has 1 aliphatic rings. The fraction of sp³-hybridized carbons (Fsp3) is 0.571. The van der Waals surface area contributed by atoms with Crippen LogP contribution < -0.4 is 10.0 Å². The third kappa shape index (κ3) is 3.09. The van der Waals surface area contributed by atoms with Crippen molar-refractivity contribution in [1.29, 1.82) is 0 Å². The van der Waals surface area contributed by atoms with Gasteiger partial charge in [0.2, 0.25) is 10.0 Å². The molecule has 0 aliphatic heterocycles. The normalized spacial score (nSPS) is 16.8. The van der Waals surface area contributed by atoms with Crippen molar-refractivity contribution in [3.63, 3.8) is 0 Å². The van der Waals surface area contributed by atoms with Crippen LogP contribution >= 0.6 is 0 Å². The Hall–Kier alpha value is -1.07. The minimum Gasteiger partial charge on any atom is -0.388 e. The third-order valence-electron chi connectivity index (χ3n) is 3.69. The number of sulfonamides is 1. The Morgan fingerprint density at radius 3 is 2.11 bits per heavy atom. The number of hydrogen-bond acceptors (Lipinski definition) is 3. The van der Waals surface area contributed by atoms with Gasteiger partial charge in [0.05, 0.1) is 4.90 Å². The van der Waals surface area contributed by atoms with Gasteiger partial charge in [0.25, 0.3) is 0 Å². The van der Waals surface area contributed by atoms with Crippen LogP contribution in [-0.4, -0.2) is 21.5 Å². The molecule has 1 saturated carbocycles. The largest absolute Gasteiger partial charge is 0.388 e. The molecule has 1 aromatic rings. The summed E-state index contributed by atoms with van der Waals surface area (Å²) in [5, 5.41) is 3.05. The summed E-state index contributed by atoms with van der Waals surface area (Å²) in [6.07, 6.45) is 4.13. The average Bonchev–Trinajstić information content (AvgIpc) is 2.79. The zero-order valence-electron chi connectivity index (χ0n) is 11.8. The summed E-state index contributed by atoms with van der Waals surface area (Å²) in [6.45, 7) is 3.69. The van der Waals surface area contributed by atoms with Gasteiger partial charge in [0.15, 0.2) is 0 Å². The Labute approximate surface area is 115 Å². The van der Waals surface area contributed by atoms with Crippen molar-refractivity contribution in [3.8, 4) is 0 Å². The maximum atomic E-state index is 12.5. The first-order valence-corrected chi connectivity index (χ1v) is 8.23. The molecule has 0 saturated heterocycles. The molecule has 0 heterocycles. The number of benzene rings is 1. The second-order valence-corrected chi connectivity index (χ2v) is 6.94. The molecule has 2 N–H and O–H groups in total. The van der Waals surface area contributed by atoms with Gasteiger partial charge in [0.1, 0.15) is 0 Å². The molecule has 0 radical (unpaired) electrons. The van der Waals surface area contributed by atoms with E-state index in [1.807, 2.05) is 33.0 Å². The molecule has 19 heavy (non-hydrogen) atoms. The van der Waals surface area contributed by atoms with E-state index in [2.05, 4.69) is 10.0 Å². The second-order valence-electron chi connectivity index (χ2n) is 5.29. The van der Waals surface area contributed by atoms with Crippen molar-refractivity contribution < 1.29 is 8.42 Å². The Morgan fingerprint density at radius 2 is 1.63 bits per heavy atom. The molecule has 0 amide bonds. The molecule has 0 aromatic heterocycles. The third-order valence-corrected chi connectivity index (χ3v) is 5.52. The number of aryl methyl sites for hydroxylation is 2. The van der Waals surface area contributed by atoms with E-state index in [-0.39, 0.29) is 6.04 Å². The maximum Gasteiger partial charge on any atom is 0.241 e. The first-order chi connectivity index (χ1) is 8.94. The van der Waals surface area contributed by atoms with Gasteiger partial charge in [-0.25, -0.2) is 13.1 Å². The molecular formula is C14H22N2O2S. The lowest BCUT2D eigenvalue weighted by Gasteiger charge is -2.17. The van der Waals surface area contributed by atoms with Gasteiger partial charge in [-0.15, -0.1) is 0 Å². The van der Waals surface area contributed by atoms with E-state index >= 15 is 0 Å². The van der Waals surface area contributed by atoms with Crippen LogP contribution in [0.2, 0.25) is 0 Å². The highest BCUT2D eigenvalue weighted by Crippen LogP contribution is 2.26. The summed E-state index contributed by atoms with van der Waals surface area (Å²) in [5.41, 5.74) is 2.51. The first-order valence-electron chi connectivity index (χ1n) is 6.75. The van der Waals surface area contributed by atoms with Gasteiger partial charge in [-0.2, -0.15) is 0 Å². The molecule has 0 bridgehead atoms. The zero-order valence-corrected chi connectivity index (χ0v) is 12.6. The lowest BCUT2D eigenvalue weighted by atomic mass is 10.1. The molecule has 1 fully saturated rings. The van der Waals surface area contributed by atoms with Gasteiger partial charge in [-0.05, 0) is 49.9 Å². The van der Waals surface area contributed by atoms with E-state index in [4.69, 9.17) is 0 Å². The Balaban J connectivity index is 2.34. The summed E-state index contributed by atoms with van der Waals surface area (Å²) in [6, 6.07) is 3.85. The zero-order chi connectivity index (χ0) is 14.0. The Bertz CT molecular complexity index is 538. The highest BCUT2D eigenvalue weighted by atomic mass is 32.2. The van der Waals surface area contributed by atoms with E-state index in [9.17, 15) is 8.42 Å². The van der Waals surface area contributed by atoms with E-state index < -0.39 is 10.0 Å². The number of rotatable bonds is 4. The van der Waals surface area contributed by atoms with Crippen LogP contribution in [0.3, 0.4) is 0 Å². The van der Waals surface area contributed by atoms with Crippen molar-refractivity contribution in [2.24, 2.45) is 0 Å². The van der Waals surface area contributed by atoms with Gasteiger partial charge >= 0.3 is 0 Å². The summed E-state index contributed by atoms with van der Waals surface area (Å²) in [4.78, 5) is 0.429. The fourth-order valence-electron chi connectivity index (χ4n) is 2.84. The molecule has 0 atom stereocenters. The number of nitrogens with one attached hydrogen (secondary N) is 2. The highest BCUT2D eigenvalue weighted by Gasteiger charge is 2.25. The molecule has 2 rings (SSSR count). The van der Waals surface area contributed by atoms with E-state index in [1.54, 1.807) is 0 Å². The minimum absolute atomic E-state index is 0.104. The molecule has 0 spiro atoms. The molecule has 1 aromatic carbocycles. The number of hydrogen-bond donors (Lipinski definition) is 2. The summed E-state index contributed by atoms with van der Waals surface area (Å²) >= 11 is 0. The van der Waals surface area contributed by atoms with Crippen LogP contribution in [0.15, 0.2) is 17.0 Å². The van der Waals surface area contributed by atoms with Crippen LogP contribution in [-0.2, 0) is 10.0 Å². The van der Waals surface area contributed by atoms with Gasteiger partial charge in [0, 0.05) is 18.8 Å². The molecule has 1 aliphatic carbocycles. The van der Waals surface area contributed by atoms with E-state index in [1.165, 1.54) is 0 Å². The summed E-state index contributed by atoms with van der Waals surface area (Å²) in [5.74, 6) is 0. The topological polar surface area (TPSA) is 58.2 Å². The summed E-state index contributed by atoms with van der Waals surface area (Å²) < 4.78 is 27.8. The smallest absolute Gasteiger partial charge is 0.241 e. The van der Waals surface area contributed by atoms with Crippen LogP contribution in [0.25, 0.3) is 0 Å². The predicted molar refractivity (Wildman–Crippen MR) is 78.0 cm³/mol. The minimum atomic E-state index is -3.41. The van der Waals surface area contributed by atoms with E-state index in [0.29, 0.717) is 4.90 Å².